The van der Waals surface area contributed by atoms with E-state index >= 15 is 0 Å². The van der Waals surface area contributed by atoms with E-state index in [0.29, 0.717) is 0 Å². The van der Waals surface area contributed by atoms with Crippen molar-refractivity contribution in [1.29, 1.82) is 0 Å². The highest BCUT2D eigenvalue weighted by atomic mass is 32.2. The summed E-state index contributed by atoms with van der Waals surface area (Å²) in [5.74, 6) is 2.34. The van der Waals surface area contributed by atoms with Crippen molar-refractivity contribution in [2.24, 2.45) is 5.92 Å². The fraction of sp³-hybridized carbons (Fsp3) is 1.00. The third-order valence-corrected chi connectivity index (χ3v) is 3.46. The smallest absolute Gasteiger partial charge is 0.00991 e. The van der Waals surface area contributed by atoms with Crippen molar-refractivity contribution in [3.05, 3.63) is 0 Å². The summed E-state index contributed by atoms with van der Waals surface area (Å²) in [5, 5.41) is 3.64. The van der Waals surface area contributed by atoms with Gasteiger partial charge in [-0.05, 0) is 50.2 Å². The predicted molar refractivity (Wildman–Crippen MR) is 62.4 cm³/mol. The Balaban J connectivity index is 1.80. The van der Waals surface area contributed by atoms with E-state index in [1.807, 2.05) is 11.8 Å². The second-order valence-electron chi connectivity index (χ2n) is 4.04. The molecular formula is C11H23NS. The average molecular weight is 201 g/mol. The van der Waals surface area contributed by atoms with Crippen LogP contribution >= 0.6 is 11.8 Å². The highest BCUT2D eigenvalue weighted by Gasteiger charge is 2.34. The van der Waals surface area contributed by atoms with Crippen molar-refractivity contribution in [2.45, 2.75) is 45.1 Å². The Bertz CT molecular complexity index is 127. The zero-order chi connectivity index (χ0) is 9.52. The Hall–Kier alpha value is 0.310. The van der Waals surface area contributed by atoms with E-state index in [4.69, 9.17) is 0 Å². The van der Waals surface area contributed by atoms with Gasteiger partial charge in [-0.2, -0.15) is 11.8 Å². The van der Waals surface area contributed by atoms with Crippen molar-refractivity contribution < 1.29 is 0 Å². The maximum absolute atomic E-state index is 3.64. The SMILES string of the molecule is CCCC1CC1NCCCCSC. The van der Waals surface area contributed by atoms with Gasteiger partial charge in [0.05, 0.1) is 0 Å². The second-order valence-corrected chi connectivity index (χ2v) is 5.03. The fourth-order valence-electron chi connectivity index (χ4n) is 1.85. The summed E-state index contributed by atoms with van der Waals surface area (Å²) in [5.41, 5.74) is 0. The molecule has 1 aliphatic rings. The third-order valence-electron chi connectivity index (χ3n) is 2.76. The summed E-state index contributed by atoms with van der Waals surface area (Å²) in [6.07, 6.45) is 9.15. The van der Waals surface area contributed by atoms with Gasteiger partial charge < -0.3 is 5.32 Å². The highest BCUT2D eigenvalue weighted by Crippen LogP contribution is 2.34. The molecule has 0 spiro atoms. The van der Waals surface area contributed by atoms with Gasteiger partial charge in [0, 0.05) is 6.04 Å². The monoisotopic (exact) mass is 201 g/mol. The molecule has 0 radical (unpaired) electrons. The zero-order valence-corrected chi connectivity index (χ0v) is 9.83. The minimum Gasteiger partial charge on any atom is -0.314 e. The molecule has 2 unspecified atom stereocenters. The van der Waals surface area contributed by atoms with Gasteiger partial charge in [-0.15, -0.1) is 0 Å². The first-order valence-corrected chi connectivity index (χ1v) is 7.00. The van der Waals surface area contributed by atoms with Crippen LogP contribution in [-0.2, 0) is 0 Å². The van der Waals surface area contributed by atoms with Crippen molar-refractivity contribution in [1.82, 2.24) is 5.32 Å². The molecule has 78 valence electrons. The van der Waals surface area contributed by atoms with Crippen LogP contribution < -0.4 is 5.32 Å². The predicted octanol–water partition coefficient (Wildman–Crippen LogP) is 2.91. The molecule has 0 aromatic rings. The number of hydrogen-bond acceptors (Lipinski definition) is 2. The van der Waals surface area contributed by atoms with E-state index in [0.717, 1.165) is 12.0 Å². The molecule has 1 rings (SSSR count). The van der Waals surface area contributed by atoms with Crippen molar-refractivity contribution >= 4 is 11.8 Å². The Kier molecular flexibility index (Phi) is 5.88. The molecule has 1 N–H and O–H groups in total. The van der Waals surface area contributed by atoms with Crippen LogP contribution in [0.5, 0.6) is 0 Å². The summed E-state index contributed by atoms with van der Waals surface area (Å²) in [6.45, 7) is 3.53. The van der Waals surface area contributed by atoms with Crippen LogP contribution in [0.2, 0.25) is 0 Å². The van der Waals surface area contributed by atoms with Gasteiger partial charge in [0.1, 0.15) is 0 Å². The van der Waals surface area contributed by atoms with E-state index in [-0.39, 0.29) is 0 Å². The molecule has 2 atom stereocenters. The summed E-state index contributed by atoms with van der Waals surface area (Å²) < 4.78 is 0. The highest BCUT2D eigenvalue weighted by molar-refractivity contribution is 7.98. The minimum atomic E-state index is 0.884. The standard InChI is InChI=1S/C11H23NS/c1-3-6-10-9-11(10)12-7-4-5-8-13-2/h10-12H,3-9H2,1-2H3. The fourth-order valence-corrected chi connectivity index (χ4v) is 2.34. The molecule has 0 saturated heterocycles. The van der Waals surface area contributed by atoms with Gasteiger partial charge in [0.15, 0.2) is 0 Å². The lowest BCUT2D eigenvalue weighted by molar-refractivity contribution is 0.582. The first-order valence-electron chi connectivity index (χ1n) is 5.60. The quantitative estimate of drug-likeness (QED) is 0.606. The molecule has 13 heavy (non-hydrogen) atoms. The Morgan fingerprint density at radius 2 is 2.23 bits per heavy atom. The van der Waals surface area contributed by atoms with Crippen LogP contribution in [-0.4, -0.2) is 24.6 Å². The van der Waals surface area contributed by atoms with Gasteiger partial charge in [-0.3, -0.25) is 0 Å². The molecule has 0 aliphatic heterocycles. The summed E-state index contributed by atoms with van der Waals surface area (Å²) in [4.78, 5) is 0. The van der Waals surface area contributed by atoms with Gasteiger partial charge in [0.2, 0.25) is 0 Å². The van der Waals surface area contributed by atoms with Crippen LogP contribution in [0.15, 0.2) is 0 Å². The number of rotatable bonds is 8. The molecular weight excluding hydrogens is 178 g/mol. The molecule has 1 fully saturated rings. The van der Waals surface area contributed by atoms with Gasteiger partial charge >= 0.3 is 0 Å². The number of unbranched alkanes of at least 4 members (excludes halogenated alkanes) is 1. The van der Waals surface area contributed by atoms with Gasteiger partial charge in [-0.1, -0.05) is 13.3 Å². The summed E-state index contributed by atoms with van der Waals surface area (Å²) in [6, 6.07) is 0.884. The zero-order valence-electron chi connectivity index (χ0n) is 9.01. The molecule has 1 aliphatic carbocycles. The van der Waals surface area contributed by atoms with Gasteiger partial charge in [0.25, 0.3) is 0 Å². The molecule has 1 saturated carbocycles. The lowest BCUT2D eigenvalue weighted by Crippen LogP contribution is -2.19. The van der Waals surface area contributed by atoms with Crippen LogP contribution in [0, 0.1) is 5.92 Å². The molecule has 0 bridgehead atoms. The molecule has 0 aromatic carbocycles. The average Bonchev–Trinajstić information content (AvgIpc) is 2.84. The first-order chi connectivity index (χ1) is 6.38. The molecule has 0 heterocycles. The number of hydrogen-bond donors (Lipinski definition) is 1. The largest absolute Gasteiger partial charge is 0.314 e. The van der Waals surface area contributed by atoms with Crippen LogP contribution in [0.25, 0.3) is 0 Å². The van der Waals surface area contributed by atoms with Crippen LogP contribution in [0.3, 0.4) is 0 Å². The molecule has 2 heteroatoms. The lowest BCUT2D eigenvalue weighted by Gasteiger charge is -2.02. The lowest BCUT2D eigenvalue weighted by atomic mass is 10.2. The Morgan fingerprint density at radius 3 is 2.92 bits per heavy atom. The number of nitrogens with one attached hydrogen (secondary N) is 1. The van der Waals surface area contributed by atoms with E-state index in [1.54, 1.807) is 0 Å². The summed E-state index contributed by atoms with van der Waals surface area (Å²) in [7, 11) is 0. The third kappa shape index (κ3) is 4.92. The van der Waals surface area contributed by atoms with E-state index in [2.05, 4.69) is 18.5 Å². The van der Waals surface area contributed by atoms with Crippen LogP contribution in [0.1, 0.15) is 39.0 Å². The minimum absolute atomic E-state index is 0.884. The van der Waals surface area contributed by atoms with Gasteiger partial charge in [-0.25, -0.2) is 0 Å². The van der Waals surface area contributed by atoms with Crippen molar-refractivity contribution in [2.75, 3.05) is 18.6 Å². The van der Waals surface area contributed by atoms with Crippen molar-refractivity contribution in [3.8, 4) is 0 Å². The van der Waals surface area contributed by atoms with E-state index in [1.165, 1.54) is 44.4 Å². The van der Waals surface area contributed by atoms with E-state index < -0.39 is 0 Å². The number of thioether (sulfide) groups is 1. The topological polar surface area (TPSA) is 12.0 Å². The Morgan fingerprint density at radius 1 is 1.38 bits per heavy atom. The first kappa shape index (κ1) is 11.4. The molecule has 0 aromatic heterocycles. The van der Waals surface area contributed by atoms with E-state index in [9.17, 15) is 0 Å². The maximum Gasteiger partial charge on any atom is 0.00991 e. The van der Waals surface area contributed by atoms with Crippen LogP contribution in [0.4, 0.5) is 0 Å². The van der Waals surface area contributed by atoms with Crippen molar-refractivity contribution in [3.63, 3.8) is 0 Å². The summed E-state index contributed by atoms with van der Waals surface area (Å²) >= 11 is 1.96. The molecule has 0 amide bonds. The second kappa shape index (κ2) is 6.72. The maximum atomic E-state index is 3.64. The normalized spacial score (nSPS) is 26.3. The Labute approximate surface area is 87.1 Å². The molecule has 1 nitrogen and oxygen atoms in total.